The van der Waals surface area contributed by atoms with Crippen molar-refractivity contribution in [3.63, 3.8) is 0 Å². The minimum Gasteiger partial charge on any atom is -0.475 e. The number of carboxylic acids is 1. The summed E-state index contributed by atoms with van der Waals surface area (Å²) in [7, 11) is -1.49. The highest BCUT2D eigenvalue weighted by Crippen LogP contribution is 2.22. The summed E-state index contributed by atoms with van der Waals surface area (Å²) in [5.41, 5.74) is 2.87. The fourth-order valence-electron chi connectivity index (χ4n) is 2.50. The summed E-state index contributed by atoms with van der Waals surface area (Å²) < 4.78 is 17.2. The van der Waals surface area contributed by atoms with Gasteiger partial charge in [0, 0.05) is 16.5 Å². The van der Waals surface area contributed by atoms with Gasteiger partial charge in [-0.05, 0) is 36.1 Å². The molecule has 134 valence electrons. The molecule has 0 spiro atoms. The lowest BCUT2D eigenvalue weighted by atomic mass is 10.0. The molecule has 0 saturated heterocycles. The van der Waals surface area contributed by atoms with Crippen LogP contribution in [0.3, 0.4) is 0 Å². The predicted octanol–water partition coefficient (Wildman–Crippen LogP) is 2.99. The van der Waals surface area contributed by atoms with Gasteiger partial charge in [-0.25, -0.2) is 4.79 Å². The molecule has 1 heterocycles. The molecule has 6 nitrogen and oxygen atoms in total. The van der Waals surface area contributed by atoms with E-state index in [1.54, 1.807) is 0 Å². The molecular formula is C18H21NO5S. The summed E-state index contributed by atoms with van der Waals surface area (Å²) in [6, 6.07) is 8.65. The van der Waals surface area contributed by atoms with E-state index in [1.165, 1.54) is 12.1 Å². The van der Waals surface area contributed by atoms with Gasteiger partial charge in [0.25, 0.3) is 0 Å². The number of nitrogens with one attached hydrogen (secondary N) is 1. The molecule has 0 saturated carbocycles. The quantitative estimate of drug-likeness (QED) is 0.751. The monoisotopic (exact) mass is 363 g/mol. The van der Waals surface area contributed by atoms with E-state index in [1.807, 2.05) is 32.0 Å². The van der Waals surface area contributed by atoms with Crippen molar-refractivity contribution in [2.24, 2.45) is 0 Å². The fraction of sp³-hybridized carbons (Fsp3) is 0.333. The van der Waals surface area contributed by atoms with Crippen LogP contribution in [0, 0.1) is 0 Å². The molecule has 0 bridgehead atoms. The van der Waals surface area contributed by atoms with E-state index in [4.69, 9.17) is 9.52 Å². The third-order valence-electron chi connectivity index (χ3n) is 3.73. The molecule has 1 aromatic heterocycles. The van der Waals surface area contributed by atoms with Gasteiger partial charge < -0.3 is 14.8 Å². The Morgan fingerprint density at radius 1 is 1.12 bits per heavy atom. The van der Waals surface area contributed by atoms with Crippen molar-refractivity contribution < 1.29 is 23.3 Å². The number of amides is 1. The van der Waals surface area contributed by atoms with E-state index in [9.17, 15) is 13.8 Å². The Bertz CT molecular complexity index is 774. The normalized spacial score (nSPS) is 11.9. The Morgan fingerprint density at radius 2 is 1.76 bits per heavy atom. The second kappa shape index (κ2) is 8.62. The maximum Gasteiger partial charge on any atom is 0.371 e. The average Bonchev–Trinajstić information content (AvgIpc) is 3.03. The number of anilines is 1. The Kier molecular flexibility index (Phi) is 6.52. The van der Waals surface area contributed by atoms with Gasteiger partial charge in [0.05, 0.1) is 5.75 Å². The van der Waals surface area contributed by atoms with Gasteiger partial charge in [0.1, 0.15) is 11.5 Å². The number of carboxylic acid groups (broad SMARTS) is 1. The van der Waals surface area contributed by atoms with Crippen LogP contribution in [0.25, 0.3) is 0 Å². The average molecular weight is 363 g/mol. The third-order valence-corrected chi connectivity index (χ3v) is 4.92. The van der Waals surface area contributed by atoms with Crippen LogP contribution in [0.5, 0.6) is 0 Å². The van der Waals surface area contributed by atoms with Gasteiger partial charge in [-0.2, -0.15) is 0 Å². The van der Waals surface area contributed by atoms with E-state index < -0.39 is 16.8 Å². The molecule has 1 unspecified atom stereocenters. The second-order valence-corrected chi connectivity index (χ2v) is 6.96. The molecule has 1 amide bonds. The molecule has 2 rings (SSSR count). The summed E-state index contributed by atoms with van der Waals surface area (Å²) in [5, 5.41) is 11.7. The van der Waals surface area contributed by atoms with Gasteiger partial charge in [0.2, 0.25) is 11.7 Å². The molecule has 0 aliphatic carbocycles. The minimum atomic E-state index is -1.49. The molecule has 2 N–H and O–H groups in total. The highest BCUT2D eigenvalue weighted by Gasteiger charge is 2.15. The van der Waals surface area contributed by atoms with Crippen LogP contribution in [0.2, 0.25) is 0 Å². The summed E-state index contributed by atoms with van der Waals surface area (Å²) in [6.45, 7) is 4.03. The third kappa shape index (κ3) is 5.03. The number of hydrogen-bond acceptors (Lipinski definition) is 4. The van der Waals surface area contributed by atoms with Gasteiger partial charge in [0.15, 0.2) is 0 Å². The molecule has 0 aliphatic heterocycles. The van der Waals surface area contributed by atoms with Crippen LogP contribution in [0.15, 0.2) is 34.7 Å². The molecule has 0 radical (unpaired) electrons. The Labute approximate surface area is 148 Å². The number of carbonyl (C=O) groups is 2. The van der Waals surface area contributed by atoms with Crippen molar-refractivity contribution in [2.45, 2.75) is 32.4 Å². The van der Waals surface area contributed by atoms with Crippen molar-refractivity contribution in [1.82, 2.24) is 0 Å². The van der Waals surface area contributed by atoms with Crippen LogP contribution in [-0.2, 0) is 34.2 Å². The fourth-order valence-corrected chi connectivity index (χ4v) is 3.44. The zero-order valence-electron chi connectivity index (χ0n) is 14.2. The van der Waals surface area contributed by atoms with Gasteiger partial charge in [-0.3, -0.25) is 9.00 Å². The van der Waals surface area contributed by atoms with Crippen LogP contribution < -0.4 is 5.32 Å². The van der Waals surface area contributed by atoms with Crippen LogP contribution in [0.1, 0.15) is 41.3 Å². The van der Waals surface area contributed by atoms with Gasteiger partial charge >= 0.3 is 5.97 Å². The summed E-state index contributed by atoms with van der Waals surface area (Å²) >= 11 is 0. The topological polar surface area (TPSA) is 96.6 Å². The molecule has 0 aliphatic rings. The van der Waals surface area contributed by atoms with Crippen LogP contribution >= 0.6 is 0 Å². The van der Waals surface area contributed by atoms with Crippen molar-refractivity contribution in [3.05, 3.63) is 53.0 Å². The number of carbonyl (C=O) groups excluding carboxylic acids is 1. The lowest BCUT2D eigenvalue weighted by Gasteiger charge is -2.14. The molecule has 2 aromatic rings. The number of para-hydroxylation sites is 1. The molecule has 0 fully saturated rings. The van der Waals surface area contributed by atoms with E-state index in [0.29, 0.717) is 0 Å². The smallest absolute Gasteiger partial charge is 0.371 e. The van der Waals surface area contributed by atoms with Gasteiger partial charge in [-0.15, -0.1) is 0 Å². The first-order chi connectivity index (χ1) is 11.9. The number of hydrogen-bond donors (Lipinski definition) is 2. The number of aryl methyl sites for hydroxylation is 2. The standard InChI is InChI=1S/C18H21NO5S/c1-3-12-6-5-7-13(4-2)17(12)19-16(20)11-25(23)10-14-8-9-15(24-14)18(21)22/h5-9H,3-4,10-11H2,1-2H3,(H,19,20)(H,21,22). The van der Waals surface area contributed by atoms with E-state index in [2.05, 4.69) is 5.32 Å². The van der Waals surface area contributed by atoms with Crippen LogP contribution in [0.4, 0.5) is 5.69 Å². The van der Waals surface area contributed by atoms with Crippen molar-refractivity contribution in [1.29, 1.82) is 0 Å². The first-order valence-corrected chi connectivity index (χ1v) is 9.51. The molecule has 25 heavy (non-hydrogen) atoms. The number of aromatic carboxylic acids is 1. The number of rotatable bonds is 8. The second-order valence-electron chi connectivity index (χ2n) is 5.51. The molecule has 1 aromatic carbocycles. The van der Waals surface area contributed by atoms with Gasteiger partial charge in [-0.1, -0.05) is 32.0 Å². The first kappa shape index (κ1) is 18.9. The molecule has 7 heteroatoms. The first-order valence-electron chi connectivity index (χ1n) is 8.02. The highest BCUT2D eigenvalue weighted by molar-refractivity contribution is 7.84. The SMILES string of the molecule is CCc1cccc(CC)c1NC(=O)CS(=O)Cc1ccc(C(=O)O)o1. The number of benzene rings is 1. The van der Waals surface area contributed by atoms with E-state index in [0.717, 1.165) is 29.7 Å². The Hall–Kier alpha value is -2.41. The Balaban J connectivity index is 2.00. The van der Waals surface area contributed by atoms with E-state index in [-0.39, 0.29) is 28.9 Å². The zero-order valence-corrected chi connectivity index (χ0v) is 15.0. The molecular weight excluding hydrogens is 342 g/mol. The zero-order chi connectivity index (χ0) is 18.4. The van der Waals surface area contributed by atoms with Crippen LogP contribution in [-0.4, -0.2) is 26.9 Å². The summed E-state index contributed by atoms with van der Waals surface area (Å²) in [5.74, 6) is -1.62. The molecule has 1 atom stereocenters. The maximum absolute atomic E-state index is 12.2. The van der Waals surface area contributed by atoms with Crippen molar-refractivity contribution >= 4 is 28.4 Å². The summed E-state index contributed by atoms with van der Waals surface area (Å²) in [6.07, 6.45) is 1.58. The van der Waals surface area contributed by atoms with Crippen molar-refractivity contribution in [2.75, 3.05) is 11.1 Å². The minimum absolute atomic E-state index is 0.00321. The van der Waals surface area contributed by atoms with E-state index >= 15 is 0 Å². The highest BCUT2D eigenvalue weighted by atomic mass is 32.2. The Morgan fingerprint density at radius 3 is 2.28 bits per heavy atom. The maximum atomic E-state index is 12.2. The largest absolute Gasteiger partial charge is 0.475 e. The lowest BCUT2D eigenvalue weighted by molar-refractivity contribution is -0.113. The lowest BCUT2D eigenvalue weighted by Crippen LogP contribution is -2.21. The van der Waals surface area contributed by atoms with Crippen molar-refractivity contribution in [3.8, 4) is 0 Å². The summed E-state index contributed by atoms with van der Waals surface area (Å²) in [4.78, 5) is 23.0. The predicted molar refractivity (Wildman–Crippen MR) is 96.2 cm³/mol. The number of furan rings is 1.